The van der Waals surface area contributed by atoms with Gasteiger partial charge in [-0.05, 0) is 12.8 Å². The first-order chi connectivity index (χ1) is 9.82. The van der Waals surface area contributed by atoms with Crippen molar-refractivity contribution in [1.82, 2.24) is 9.55 Å². The third kappa shape index (κ3) is 2.57. The van der Waals surface area contributed by atoms with Crippen molar-refractivity contribution in [3.05, 3.63) is 20.8 Å². The Bertz CT molecular complexity index is 632. The molecule has 7 nitrogen and oxygen atoms in total. The van der Waals surface area contributed by atoms with E-state index in [0.717, 1.165) is 12.8 Å². The zero-order chi connectivity index (χ0) is 15.8. The zero-order valence-electron chi connectivity index (χ0n) is 13.0. The fourth-order valence-corrected chi connectivity index (χ4v) is 2.88. The van der Waals surface area contributed by atoms with Gasteiger partial charge in [-0.1, -0.05) is 20.8 Å². The van der Waals surface area contributed by atoms with Crippen LogP contribution in [0.4, 0.5) is 11.5 Å². The van der Waals surface area contributed by atoms with Crippen molar-refractivity contribution in [2.75, 3.05) is 18.2 Å². The molecular formula is C14H24N4O3. The molecule has 0 radical (unpaired) electrons. The summed E-state index contributed by atoms with van der Waals surface area (Å²) in [5.41, 5.74) is 5.24. The topological polar surface area (TPSA) is 102 Å². The smallest absolute Gasteiger partial charge is 0.330 e. The molecule has 0 bridgehead atoms. The lowest BCUT2D eigenvalue weighted by molar-refractivity contribution is -0.0794. The minimum absolute atomic E-state index is 0.0819. The predicted molar refractivity (Wildman–Crippen MR) is 82.6 cm³/mol. The highest BCUT2D eigenvalue weighted by atomic mass is 16.5. The van der Waals surface area contributed by atoms with E-state index < -0.39 is 11.2 Å². The van der Waals surface area contributed by atoms with Gasteiger partial charge < -0.3 is 15.8 Å². The maximum atomic E-state index is 12.0. The number of rotatable bonds is 5. The molecule has 4 N–H and O–H groups in total. The predicted octanol–water partition coefficient (Wildman–Crippen LogP) is 0.754. The monoisotopic (exact) mass is 296 g/mol. The number of hydrogen-bond donors (Lipinski definition) is 3. The number of hydrogen-bond acceptors (Lipinski definition) is 5. The van der Waals surface area contributed by atoms with Gasteiger partial charge in [0.2, 0.25) is 0 Å². The third-order valence-electron chi connectivity index (χ3n) is 4.47. The van der Waals surface area contributed by atoms with Gasteiger partial charge >= 0.3 is 5.69 Å². The normalized spacial score (nSPS) is 23.6. The summed E-state index contributed by atoms with van der Waals surface area (Å²) >= 11 is 0. The number of nitrogen functional groups attached to an aromatic ring is 1. The van der Waals surface area contributed by atoms with Crippen molar-refractivity contribution in [2.45, 2.75) is 52.3 Å². The molecule has 2 unspecified atom stereocenters. The minimum Gasteiger partial charge on any atom is -0.383 e. The van der Waals surface area contributed by atoms with Crippen LogP contribution in [0.2, 0.25) is 0 Å². The molecule has 1 aromatic rings. The van der Waals surface area contributed by atoms with Crippen molar-refractivity contribution in [2.24, 2.45) is 5.41 Å². The molecule has 1 saturated carbocycles. The van der Waals surface area contributed by atoms with Gasteiger partial charge in [0.25, 0.3) is 5.56 Å². The average Bonchev–Trinajstić information content (AvgIpc) is 2.41. The first kappa shape index (κ1) is 15.6. The molecule has 0 aliphatic heterocycles. The lowest BCUT2D eigenvalue weighted by Gasteiger charge is -2.51. The van der Waals surface area contributed by atoms with E-state index in [1.165, 1.54) is 4.57 Å². The van der Waals surface area contributed by atoms with Crippen LogP contribution in [0.25, 0.3) is 0 Å². The van der Waals surface area contributed by atoms with Crippen molar-refractivity contribution < 1.29 is 4.74 Å². The molecule has 1 heterocycles. The first-order valence-corrected chi connectivity index (χ1v) is 7.24. The second kappa shape index (κ2) is 5.55. The molecule has 1 fully saturated rings. The van der Waals surface area contributed by atoms with Gasteiger partial charge in [0, 0.05) is 25.1 Å². The van der Waals surface area contributed by atoms with E-state index in [1.54, 1.807) is 7.11 Å². The van der Waals surface area contributed by atoms with Gasteiger partial charge in [-0.15, -0.1) is 0 Å². The maximum Gasteiger partial charge on any atom is 0.330 e. The van der Waals surface area contributed by atoms with E-state index in [2.05, 4.69) is 24.1 Å². The SMILES string of the molecule is CCCn1c(N)c(NC2CC(OC)C2(C)C)c(=O)[nH]c1=O. The number of aromatic nitrogens is 2. The number of anilines is 2. The fourth-order valence-electron chi connectivity index (χ4n) is 2.88. The van der Waals surface area contributed by atoms with Gasteiger partial charge in [0.1, 0.15) is 11.5 Å². The van der Waals surface area contributed by atoms with Crippen LogP contribution in [0.3, 0.4) is 0 Å². The molecule has 0 saturated heterocycles. The van der Waals surface area contributed by atoms with Gasteiger partial charge in [-0.2, -0.15) is 0 Å². The Kier molecular flexibility index (Phi) is 4.13. The number of aromatic amines is 1. The number of ether oxygens (including phenoxy) is 1. The van der Waals surface area contributed by atoms with Gasteiger partial charge in [-0.3, -0.25) is 14.3 Å². The van der Waals surface area contributed by atoms with Crippen LogP contribution in [0, 0.1) is 5.41 Å². The van der Waals surface area contributed by atoms with E-state index in [4.69, 9.17) is 10.5 Å². The van der Waals surface area contributed by atoms with E-state index in [9.17, 15) is 9.59 Å². The average molecular weight is 296 g/mol. The lowest BCUT2D eigenvalue weighted by atomic mass is 9.64. The zero-order valence-corrected chi connectivity index (χ0v) is 13.0. The summed E-state index contributed by atoms with van der Waals surface area (Å²) < 4.78 is 6.79. The highest BCUT2D eigenvalue weighted by Gasteiger charge is 2.49. The molecule has 0 amide bonds. The van der Waals surface area contributed by atoms with Crippen LogP contribution in [0.5, 0.6) is 0 Å². The first-order valence-electron chi connectivity index (χ1n) is 7.24. The number of nitrogens with two attached hydrogens (primary N) is 1. The van der Waals surface area contributed by atoms with E-state index in [0.29, 0.717) is 6.54 Å². The Morgan fingerprint density at radius 2 is 2.14 bits per heavy atom. The lowest BCUT2D eigenvalue weighted by Crippen LogP contribution is -2.58. The Labute approximate surface area is 123 Å². The molecule has 0 spiro atoms. The summed E-state index contributed by atoms with van der Waals surface area (Å²) in [5.74, 6) is 0.197. The summed E-state index contributed by atoms with van der Waals surface area (Å²) in [5, 5.41) is 3.19. The van der Waals surface area contributed by atoms with Gasteiger partial charge in [0.05, 0.1) is 6.10 Å². The van der Waals surface area contributed by atoms with Crippen LogP contribution >= 0.6 is 0 Å². The molecule has 0 aromatic carbocycles. The van der Waals surface area contributed by atoms with Gasteiger partial charge in [-0.25, -0.2) is 4.79 Å². The Morgan fingerprint density at radius 3 is 2.67 bits per heavy atom. The van der Waals surface area contributed by atoms with E-state index in [1.807, 2.05) is 6.92 Å². The standard InChI is InChI=1S/C14H24N4O3/c1-5-6-18-11(15)10(12(19)17-13(18)20)16-8-7-9(21-4)14(8,2)3/h8-9,16H,5-7,15H2,1-4H3,(H,17,19,20). The molecule has 1 aromatic heterocycles. The summed E-state index contributed by atoms with van der Waals surface area (Å²) in [4.78, 5) is 26.1. The quantitative estimate of drug-likeness (QED) is 0.744. The summed E-state index contributed by atoms with van der Waals surface area (Å²) in [6.07, 6.45) is 1.71. The molecule has 2 rings (SSSR count). The minimum atomic E-state index is -0.471. The highest BCUT2D eigenvalue weighted by molar-refractivity contribution is 5.61. The van der Waals surface area contributed by atoms with Crippen LogP contribution in [0.15, 0.2) is 9.59 Å². The number of H-pyrrole nitrogens is 1. The summed E-state index contributed by atoms with van der Waals surface area (Å²) in [7, 11) is 1.69. The summed E-state index contributed by atoms with van der Waals surface area (Å²) in [6, 6.07) is 0.0819. The molecule has 1 aliphatic carbocycles. The van der Waals surface area contributed by atoms with Crippen molar-refractivity contribution >= 4 is 11.5 Å². The molecule has 21 heavy (non-hydrogen) atoms. The third-order valence-corrected chi connectivity index (χ3v) is 4.47. The largest absolute Gasteiger partial charge is 0.383 e. The molecule has 2 atom stereocenters. The van der Waals surface area contributed by atoms with Crippen LogP contribution in [-0.2, 0) is 11.3 Å². The van der Waals surface area contributed by atoms with Crippen molar-refractivity contribution in [3.8, 4) is 0 Å². The molecule has 118 valence electrons. The van der Waals surface area contributed by atoms with E-state index in [-0.39, 0.29) is 29.1 Å². The van der Waals surface area contributed by atoms with Crippen LogP contribution in [-0.4, -0.2) is 28.8 Å². The second-order valence-corrected chi connectivity index (χ2v) is 6.15. The van der Waals surface area contributed by atoms with Gasteiger partial charge in [0.15, 0.2) is 0 Å². The Morgan fingerprint density at radius 1 is 1.48 bits per heavy atom. The fraction of sp³-hybridized carbons (Fsp3) is 0.714. The summed E-state index contributed by atoms with van der Waals surface area (Å²) in [6.45, 7) is 6.58. The number of nitrogens with one attached hydrogen (secondary N) is 2. The molecule has 7 heteroatoms. The Hall–Kier alpha value is -1.76. The Balaban J connectivity index is 2.32. The molecular weight excluding hydrogens is 272 g/mol. The molecule has 1 aliphatic rings. The highest BCUT2D eigenvalue weighted by Crippen LogP contribution is 2.44. The van der Waals surface area contributed by atoms with Crippen LogP contribution < -0.4 is 22.3 Å². The number of nitrogens with zero attached hydrogens (tertiary/aromatic N) is 1. The second-order valence-electron chi connectivity index (χ2n) is 6.15. The van der Waals surface area contributed by atoms with Crippen molar-refractivity contribution in [3.63, 3.8) is 0 Å². The van der Waals surface area contributed by atoms with E-state index >= 15 is 0 Å². The van der Waals surface area contributed by atoms with Crippen molar-refractivity contribution in [1.29, 1.82) is 0 Å². The van der Waals surface area contributed by atoms with Crippen LogP contribution in [0.1, 0.15) is 33.6 Å². The maximum absolute atomic E-state index is 12.0. The number of methoxy groups -OCH3 is 1.